The van der Waals surface area contributed by atoms with Gasteiger partial charge in [0.2, 0.25) is 5.75 Å². The van der Waals surface area contributed by atoms with Crippen molar-refractivity contribution < 1.29 is 14.2 Å². The highest BCUT2D eigenvalue weighted by molar-refractivity contribution is 5.53. The molecular weight excluding hydrogens is 358 g/mol. The van der Waals surface area contributed by atoms with E-state index in [1.807, 2.05) is 38.2 Å². The van der Waals surface area contributed by atoms with Crippen LogP contribution in [-0.2, 0) is 13.1 Å². The molecule has 2 aromatic heterocycles. The molecule has 0 fully saturated rings. The van der Waals surface area contributed by atoms with E-state index in [0.29, 0.717) is 36.0 Å². The number of aryl methyl sites for hydroxylation is 1. The summed E-state index contributed by atoms with van der Waals surface area (Å²) in [6.45, 7) is 3.12. The highest BCUT2D eigenvalue weighted by Crippen LogP contribution is 2.38. The summed E-state index contributed by atoms with van der Waals surface area (Å²) in [6, 6.07) is 9.23. The van der Waals surface area contributed by atoms with Gasteiger partial charge in [0.1, 0.15) is 5.65 Å². The summed E-state index contributed by atoms with van der Waals surface area (Å²) in [5.74, 6) is 1.79. The lowest BCUT2D eigenvalue weighted by atomic mass is 10.1. The number of aromatic nitrogens is 2. The summed E-state index contributed by atoms with van der Waals surface area (Å²) in [5.41, 5.74) is 3.32. The molecule has 0 radical (unpaired) electrons. The first-order valence-electron chi connectivity index (χ1n) is 8.91. The van der Waals surface area contributed by atoms with Gasteiger partial charge in [-0.15, -0.1) is 0 Å². The van der Waals surface area contributed by atoms with Crippen molar-refractivity contribution in [1.29, 1.82) is 0 Å². The zero-order chi connectivity index (χ0) is 20.3. The summed E-state index contributed by atoms with van der Waals surface area (Å²) in [6.07, 6.45) is 1.80. The third-order valence-electron chi connectivity index (χ3n) is 4.47. The Kier molecular flexibility index (Phi) is 5.84. The van der Waals surface area contributed by atoms with Crippen molar-refractivity contribution in [3.05, 3.63) is 63.7 Å². The van der Waals surface area contributed by atoms with Gasteiger partial charge >= 0.3 is 0 Å². The van der Waals surface area contributed by atoms with Crippen molar-refractivity contribution in [3.63, 3.8) is 0 Å². The zero-order valence-corrected chi connectivity index (χ0v) is 16.9. The van der Waals surface area contributed by atoms with Crippen LogP contribution in [0, 0.1) is 6.92 Å². The van der Waals surface area contributed by atoms with Crippen molar-refractivity contribution in [2.24, 2.45) is 0 Å². The third kappa shape index (κ3) is 4.09. The SMILES string of the molecule is COc1cc(CN(C)Cc2cc(=O)n3cc(C)ccc3n2)cc(OC)c1OC. The first-order chi connectivity index (χ1) is 13.4. The van der Waals surface area contributed by atoms with Crippen LogP contribution in [0.25, 0.3) is 5.65 Å². The molecule has 0 N–H and O–H groups in total. The fraction of sp³-hybridized carbons (Fsp3) is 0.333. The van der Waals surface area contributed by atoms with Gasteiger partial charge in [0.15, 0.2) is 11.5 Å². The predicted molar refractivity (Wildman–Crippen MR) is 107 cm³/mol. The summed E-state index contributed by atoms with van der Waals surface area (Å²) in [7, 11) is 6.75. The Hall–Kier alpha value is -3.06. The molecule has 0 aliphatic heterocycles. The number of methoxy groups -OCH3 is 3. The van der Waals surface area contributed by atoms with E-state index in [1.165, 1.54) is 0 Å². The van der Waals surface area contributed by atoms with E-state index < -0.39 is 0 Å². The monoisotopic (exact) mass is 383 g/mol. The highest BCUT2D eigenvalue weighted by Gasteiger charge is 2.14. The van der Waals surface area contributed by atoms with Crippen LogP contribution in [0.3, 0.4) is 0 Å². The summed E-state index contributed by atoms with van der Waals surface area (Å²) >= 11 is 0. The van der Waals surface area contributed by atoms with E-state index in [2.05, 4.69) is 9.88 Å². The Labute approximate surface area is 164 Å². The maximum atomic E-state index is 12.4. The summed E-state index contributed by atoms with van der Waals surface area (Å²) in [4.78, 5) is 19.1. The highest BCUT2D eigenvalue weighted by atomic mass is 16.5. The van der Waals surface area contributed by atoms with Gasteiger partial charge < -0.3 is 14.2 Å². The second-order valence-electron chi connectivity index (χ2n) is 6.73. The normalized spacial score (nSPS) is 11.1. The Balaban J connectivity index is 1.82. The molecule has 0 aliphatic rings. The molecular formula is C21H25N3O4. The maximum absolute atomic E-state index is 12.4. The van der Waals surface area contributed by atoms with Crippen LogP contribution >= 0.6 is 0 Å². The van der Waals surface area contributed by atoms with Crippen molar-refractivity contribution in [3.8, 4) is 17.2 Å². The van der Waals surface area contributed by atoms with E-state index >= 15 is 0 Å². The van der Waals surface area contributed by atoms with Crippen LogP contribution in [0.2, 0.25) is 0 Å². The molecule has 0 saturated carbocycles. The Bertz CT molecular complexity index is 1020. The number of nitrogens with zero attached hydrogens (tertiary/aromatic N) is 3. The predicted octanol–water partition coefficient (Wildman–Crippen LogP) is 2.66. The number of rotatable bonds is 7. The van der Waals surface area contributed by atoms with E-state index in [4.69, 9.17) is 14.2 Å². The smallest absolute Gasteiger partial charge is 0.258 e. The van der Waals surface area contributed by atoms with E-state index in [9.17, 15) is 4.79 Å². The number of pyridine rings is 1. The number of hydrogen-bond donors (Lipinski definition) is 0. The maximum Gasteiger partial charge on any atom is 0.258 e. The minimum Gasteiger partial charge on any atom is -0.493 e. The van der Waals surface area contributed by atoms with Crippen LogP contribution in [0.15, 0.2) is 41.3 Å². The zero-order valence-electron chi connectivity index (χ0n) is 16.9. The standard InChI is InChI=1S/C21H25N3O4/c1-14-6-7-19-22-16(10-20(25)24(19)11-14)13-23(2)12-15-8-17(26-3)21(28-5)18(9-15)27-4/h6-11H,12-13H2,1-5H3. The van der Waals surface area contributed by atoms with E-state index in [1.54, 1.807) is 38.0 Å². The lowest BCUT2D eigenvalue weighted by molar-refractivity contribution is 0.306. The molecule has 0 bridgehead atoms. The van der Waals surface area contributed by atoms with Crippen LogP contribution in [0.1, 0.15) is 16.8 Å². The van der Waals surface area contributed by atoms with Crippen molar-refractivity contribution in [2.75, 3.05) is 28.4 Å². The number of benzene rings is 1. The van der Waals surface area contributed by atoms with Gasteiger partial charge in [0.05, 0.1) is 27.0 Å². The van der Waals surface area contributed by atoms with Gasteiger partial charge in [-0.25, -0.2) is 4.98 Å². The molecule has 0 unspecified atom stereocenters. The fourth-order valence-corrected chi connectivity index (χ4v) is 3.21. The minimum atomic E-state index is -0.0788. The Morgan fingerprint density at radius 1 is 1.00 bits per heavy atom. The fourth-order valence-electron chi connectivity index (χ4n) is 3.21. The first kappa shape index (κ1) is 19.7. The second kappa shape index (κ2) is 8.31. The Morgan fingerprint density at radius 3 is 2.29 bits per heavy atom. The lowest BCUT2D eigenvalue weighted by Crippen LogP contribution is -2.22. The molecule has 7 nitrogen and oxygen atoms in total. The average Bonchev–Trinajstić information content (AvgIpc) is 2.67. The van der Waals surface area contributed by atoms with Crippen molar-refractivity contribution in [2.45, 2.75) is 20.0 Å². The Morgan fingerprint density at radius 2 is 1.68 bits per heavy atom. The van der Waals surface area contributed by atoms with Crippen LogP contribution < -0.4 is 19.8 Å². The molecule has 0 spiro atoms. The molecule has 0 amide bonds. The number of hydrogen-bond acceptors (Lipinski definition) is 6. The van der Waals surface area contributed by atoms with Crippen LogP contribution in [0.5, 0.6) is 17.2 Å². The van der Waals surface area contributed by atoms with E-state index in [0.717, 1.165) is 16.8 Å². The summed E-state index contributed by atoms with van der Waals surface area (Å²) < 4.78 is 17.8. The van der Waals surface area contributed by atoms with Gasteiger partial charge in [0.25, 0.3) is 5.56 Å². The van der Waals surface area contributed by atoms with Crippen LogP contribution in [-0.4, -0.2) is 42.7 Å². The minimum absolute atomic E-state index is 0.0788. The lowest BCUT2D eigenvalue weighted by Gasteiger charge is -2.19. The molecule has 0 aliphatic carbocycles. The molecule has 148 valence electrons. The van der Waals surface area contributed by atoms with Crippen molar-refractivity contribution in [1.82, 2.24) is 14.3 Å². The third-order valence-corrected chi connectivity index (χ3v) is 4.47. The van der Waals surface area contributed by atoms with Gasteiger partial charge in [0, 0.05) is 25.4 Å². The molecule has 1 aromatic carbocycles. The molecule has 7 heteroatoms. The first-order valence-corrected chi connectivity index (χ1v) is 8.91. The topological polar surface area (TPSA) is 65.3 Å². The largest absolute Gasteiger partial charge is 0.493 e. The number of ether oxygens (including phenoxy) is 3. The second-order valence-corrected chi connectivity index (χ2v) is 6.73. The molecule has 2 heterocycles. The molecule has 3 aromatic rings. The molecule has 3 rings (SSSR count). The molecule has 28 heavy (non-hydrogen) atoms. The van der Waals surface area contributed by atoms with Gasteiger partial charge in [-0.2, -0.15) is 0 Å². The van der Waals surface area contributed by atoms with Gasteiger partial charge in [-0.1, -0.05) is 6.07 Å². The molecule has 0 saturated heterocycles. The van der Waals surface area contributed by atoms with Gasteiger partial charge in [-0.3, -0.25) is 14.1 Å². The average molecular weight is 383 g/mol. The molecule has 0 atom stereocenters. The van der Waals surface area contributed by atoms with Crippen molar-refractivity contribution >= 4 is 5.65 Å². The van der Waals surface area contributed by atoms with Gasteiger partial charge in [-0.05, 0) is 43.3 Å². The number of fused-ring (bicyclic) bond motifs is 1. The van der Waals surface area contributed by atoms with Crippen LogP contribution in [0.4, 0.5) is 0 Å². The quantitative estimate of drug-likeness (QED) is 0.625. The van der Waals surface area contributed by atoms with E-state index in [-0.39, 0.29) is 5.56 Å². The summed E-state index contributed by atoms with van der Waals surface area (Å²) in [5, 5.41) is 0.